The van der Waals surface area contributed by atoms with Gasteiger partial charge in [0.05, 0.1) is 16.8 Å². The quantitative estimate of drug-likeness (QED) is 0.660. The Labute approximate surface area is 158 Å². The SMILES string of the molecule is CCCC1Oc2c(Cl)cc(Cl)cc2C2CC(c3ccc(C)cc3)=NN12. The van der Waals surface area contributed by atoms with Crippen molar-refractivity contribution in [3.05, 3.63) is 63.1 Å². The van der Waals surface area contributed by atoms with Crippen molar-refractivity contribution in [3.8, 4) is 5.75 Å². The molecule has 0 saturated carbocycles. The molecule has 2 unspecified atom stereocenters. The van der Waals surface area contributed by atoms with Gasteiger partial charge in [-0.2, -0.15) is 5.10 Å². The maximum absolute atomic E-state index is 6.41. The molecule has 2 heterocycles. The van der Waals surface area contributed by atoms with E-state index in [0.29, 0.717) is 10.0 Å². The molecule has 4 rings (SSSR count). The van der Waals surface area contributed by atoms with E-state index in [0.717, 1.165) is 41.9 Å². The summed E-state index contributed by atoms with van der Waals surface area (Å²) in [6.45, 7) is 4.24. The van der Waals surface area contributed by atoms with Crippen LogP contribution in [0, 0.1) is 6.92 Å². The van der Waals surface area contributed by atoms with Crippen LogP contribution in [0.25, 0.3) is 0 Å². The summed E-state index contributed by atoms with van der Waals surface area (Å²) in [6.07, 6.45) is 2.66. The Morgan fingerprint density at radius 2 is 1.96 bits per heavy atom. The molecule has 2 aliphatic heterocycles. The number of ether oxygens (including phenoxy) is 1. The van der Waals surface area contributed by atoms with E-state index < -0.39 is 0 Å². The first-order valence-corrected chi connectivity index (χ1v) is 9.41. The Balaban J connectivity index is 1.75. The van der Waals surface area contributed by atoms with E-state index in [1.54, 1.807) is 6.07 Å². The smallest absolute Gasteiger partial charge is 0.187 e. The molecule has 2 aromatic carbocycles. The largest absolute Gasteiger partial charge is 0.467 e. The number of rotatable bonds is 3. The van der Waals surface area contributed by atoms with E-state index in [1.165, 1.54) is 5.56 Å². The number of fused-ring (bicyclic) bond motifs is 3. The van der Waals surface area contributed by atoms with Gasteiger partial charge in [0.1, 0.15) is 5.75 Å². The first-order valence-electron chi connectivity index (χ1n) is 8.65. The minimum atomic E-state index is -0.0934. The normalized spacial score (nSPS) is 21.4. The summed E-state index contributed by atoms with van der Waals surface area (Å²) in [5.41, 5.74) is 4.51. The molecular formula is C20H20Cl2N2O. The van der Waals surface area contributed by atoms with Crippen LogP contribution >= 0.6 is 23.2 Å². The molecule has 0 aromatic heterocycles. The van der Waals surface area contributed by atoms with Gasteiger partial charge in [0, 0.05) is 23.4 Å². The first-order chi connectivity index (χ1) is 12.1. The van der Waals surface area contributed by atoms with Crippen LogP contribution in [-0.4, -0.2) is 16.9 Å². The van der Waals surface area contributed by atoms with Crippen molar-refractivity contribution in [2.75, 3.05) is 0 Å². The van der Waals surface area contributed by atoms with Gasteiger partial charge in [-0.25, -0.2) is 0 Å². The molecule has 2 aliphatic rings. The highest BCUT2D eigenvalue weighted by Crippen LogP contribution is 2.47. The third-order valence-corrected chi connectivity index (χ3v) is 5.31. The lowest BCUT2D eigenvalue weighted by molar-refractivity contribution is -0.0222. The van der Waals surface area contributed by atoms with E-state index >= 15 is 0 Å². The lowest BCUT2D eigenvalue weighted by Crippen LogP contribution is -2.40. The number of hydrogen-bond acceptors (Lipinski definition) is 3. The maximum Gasteiger partial charge on any atom is 0.187 e. The summed E-state index contributed by atoms with van der Waals surface area (Å²) in [5, 5.41) is 8.20. The highest BCUT2D eigenvalue weighted by atomic mass is 35.5. The van der Waals surface area contributed by atoms with Gasteiger partial charge in [0.25, 0.3) is 0 Å². The zero-order valence-electron chi connectivity index (χ0n) is 14.3. The molecule has 0 saturated heterocycles. The van der Waals surface area contributed by atoms with Crippen molar-refractivity contribution in [1.29, 1.82) is 0 Å². The van der Waals surface area contributed by atoms with Crippen LogP contribution < -0.4 is 4.74 Å². The Kier molecular flexibility index (Phi) is 4.38. The zero-order chi connectivity index (χ0) is 17.6. The van der Waals surface area contributed by atoms with Crippen molar-refractivity contribution in [3.63, 3.8) is 0 Å². The molecule has 0 fully saturated rings. The molecule has 3 nitrogen and oxygen atoms in total. The summed E-state index contributed by atoms with van der Waals surface area (Å²) in [4.78, 5) is 0. The molecule has 25 heavy (non-hydrogen) atoms. The number of hydrazone groups is 1. The van der Waals surface area contributed by atoms with Crippen molar-refractivity contribution < 1.29 is 4.74 Å². The molecule has 0 aliphatic carbocycles. The number of hydrogen-bond donors (Lipinski definition) is 0. The topological polar surface area (TPSA) is 24.8 Å². The predicted molar refractivity (Wildman–Crippen MR) is 103 cm³/mol. The minimum Gasteiger partial charge on any atom is -0.467 e. The molecule has 2 atom stereocenters. The van der Waals surface area contributed by atoms with E-state index in [2.05, 4.69) is 43.1 Å². The fourth-order valence-corrected chi connectivity index (χ4v) is 4.10. The maximum atomic E-state index is 6.41. The van der Waals surface area contributed by atoms with Gasteiger partial charge in [-0.3, -0.25) is 5.01 Å². The van der Waals surface area contributed by atoms with Crippen LogP contribution in [0.15, 0.2) is 41.5 Å². The zero-order valence-corrected chi connectivity index (χ0v) is 15.8. The fourth-order valence-electron chi connectivity index (χ4n) is 3.55. The minimum absolute atomic E-state index is 0.0934. The predicted octanol–water partition coefficient (Wildman–Crippen LogP) is 5.97. The van der Waals surface area contributed by atoms with Gasteiger partial charge in [0.2, 0.25) is 0 Å². The monoisotopic (exact) mass is 374 g/mol. The van der Waals surface area contributed by atoms with E-state index in [9.17, 15) is 0 Å². The van der Waals surface area contributed by atoms with Crippen molar-refractivity contribution in [1.82, 2.24) is 5.01 Å². The van der Waals surface area contributed by atoms with Crippen LogP contribution in [0.4, 0.5) is 0 Å². The van der Waals surface area contributed by atoms with E-state index in [4.69, 9.17) is 33.0 Å². The molecule has 0 spiro atoms. The average molecular weight is 375 g/mol. The molecule has 5 heteroatoms. The van der Waals surface area contributed by atoms with Crippen LogP contribution in [-0.2, 0) is 0 Å². The van der Waals surface area contributed by atoms with Crippen LogP contribution in [0.1, 0.15) is 48.9 Å². The second-order valence-corrected chi connectivity index (χ2v) is 7.52. The lowest BCUT2D eigenvalue weighted by Gasteiger charge is -2.38. The van der Waals surface area contributed by atoms with Gasteiger partial charge >= 0.3 is 0 Å². The number of halogens is 2. The van der Waals surface area contributed by atoms with Gasteiger partial charge in [-0.05, 0) is 24.6 Å². The van der Waals surface area contributed by atoms with Gasteiger partial charge in [-0.1, -0.05) is 66.4 Å². The van der Waals surface area contributed by atoms with E-state index in [-0.39, 0.29) is 12.3 Å². The van der Waals surface area contributed by atoms with Crippen LogP contribution in [0.2, 0.25) is 10.0 Å². The molecule has 0 bridgehead atoms. The molecular weight excluding hydrogens is 355 g/mol. The lowest BCUT2D eigenvalue weighted by atomic mass is 9.96. The number of nitrogens with zero attached hydrogens (tertiary/aromatic N) is 2. The second-order valence-electron chi connectivity index (χ2n) is 6.68. The fraction of sp³-hybridized carbons (Fsp3) is 0.350. The Bertz CT molecular complexity index is 832. The number of aryl methyl sites for hydroxylation is 1. The third kappa shape index (κ3) is 3.00. The van der Waals surface area contributed by atoms with Gasteiger partial charge in [-0.15, -0.1) is 0 Å². The molecule has 0 radical (unpaired) electrons. The average Bonchev–Trinajstić information content (AvgIpc) is 3.02. The van der Waals surface area contributed by atoms with Gasteiger partial charge < -0.3 is 4.74 Å². The van der Waals surface area contributed by atoms with Crippen molar-refractivity contribution >= 4 is 28.9 Å². The Morgan fingerprint density at radius 3 is 2.68 bits per heavy atom. The Hall–Kier alpha value is -1.71. The Morgan fingerprint density at radius 1 is 1.20 bits per heavy atom. The highest BCUT2D eigenvalue weighted by molar-refractivity contribution is 6.35. The standard InChI is InChI=1S/C20H20Cl2N2O/c1-3-4-19-24-18(15-9-14(21)10-16(22)20(15)25-19)11-17(23-24)13-7-5-12(2)6-8-13/h5-10,18-19H,3-4,11H2,1-2H3. The number of benzene rings is 2. The van der Waals surface area contributed by atoms with E-state index in [1.807, 2.05) is 6.07 Å². The third-order valence-electron chi connectivity index (χ3n) is 4.81. The summed E-state index contributed by atoms with van der Waals surface area (Å²) in [5.74, 6) is 0.756. The van der Waals surface area contributed by atoms with Crippen molar-refractivity contribution in [2.45, 2.75) is 45.4 Å². The molecule has 0 N–H and O–H groups in total. The second kappa shape index (κ2) is 6.54. The van der Waals surface area contributed by atoms with Crippen LogP contribution in [0.5, 0.6) is 5.75 Å². The summed E-state index contributed by atoms with van der Waals surface area (Å²) >= 11 is 12.7. The summed E-state index contributed by atoms with van der Waals surface area (Å²) in [7, 11) is 0. The van der Waals surface area contributed by atoms with Crippen LogP contribution in [0.3, 0.4) is 0 Å². The molecule has 0 amide bonds. The summed E-state index contributed by atoms with van der Waals surface area (Å²) in [6, 6.07) is 12.3. The van der Waals surface area contributed by atoms with Gasteiger partial charge in [0.15, 0.2) is 6.23 Å². The molecule has 130 valence electrons. The first kappa shape index (κ1) is 16.7. The van der Waals surface area contributed by atoms with Crippen molar-refractivity contribution in [2.24, 2.45) is 5.10 Å². The molecule has 2 aromatic rings. The summed E-state index contributed by atoms with van der Waals surface area (Å²) < 4.78 is 6.20. The highest BCUT2D eigenvalue weighted by Gasteiger charge is 2.40.